The molecular weight excluding hydrogens is 299 g/mol. The number of benzene rings is 2. The Kier molecular flexibility index (Phi) is 5.86. The lowest BCUT2D eigenvalue weighted by molar-refractivity contribution is -0.146. The summed E-state index contributed by atoms with van der Waals surface area (Å²) in [6, 6.07) is 13.9. The summed E-state index contributed by atoms with van der Waals surface area (Å²) in [6.07, 6.45) is 0. The van der Waals surface area contributed by atoms with Crippen LogP contribution in [-0.4, -0.2) is 25.2 Å². The molecule has 0 fully saturated rings. The Hall–Kier alpha value is -2.69. The molecule has 0 saturated carbocycles. The maximum atomic E-state index is 13.0. The topological polar surface area (TPSA) is 52.6 Å². The van der Waals surface area contributed by atoms with Crippen molar-refractivity contribution in [1.82, 2.24) is 0 Å². The zero-order chi connectivity index (χ0) is 16.7. The standard InChI is InChI=1S/C18H17FO4/c1-2-22-18(21)16(13-8-10-15(19)11-9-13)12-23-17(20)14-6-4-3-5-7-14/h3-11,16H,2,12H2,1H3. The highest BCUT2D eigenvalue weighted by atomic mass is 19.1. The third-order valence-electron chi connectivity index (χ3n) is 3.23. The Labute approximate surface area is 133 Å². The van der Waals surface area contributed by atoms with Crippen molar-refractivity contribution in [1.29, 1.82) is 0 Å². The summed E-state index contributed by atoms with van der Waals surface area (Å²) < 4.78 is 23.2. The number of esters is 2. The maximum absolute atomic E-state index is 13.0. The summed E-state index contributed by atoms with van der Waals surface area (Å²) in [5.41, 5.74) is 0.930. The second kappa shape index (κ2) is 8.08. The molecule has 0 amide bonds. The average molecular weight is 316 g/mol. The van der Waals surface area contributed by atoms with Gasteiger partial charge in [0.15, 0.2) is 0 Å². The molecule has 0 heterocycles. The van der Waals surface area contributed by atoms with Crippen LogP contribution >= 0.6 is 0 Å². The Morgan fingerprint density at radius 3 is 2.26 bits per heavy atom. The van der Waals surface area contributed by atoms with E-state index < -0.39 is 23.7 Å². The molecule has 0 aliphatic heterocycles. The SMILES string of the molecule is CCOC(=O)C(COC(=O)c1ccccc1)c1ccc(F)cc1. The van der Waals surface area contributed by atoms with E-state index >= 15 is 0 Å². The van der Waals surface area contributed by atoms with Gasteiger partial charge in [0, 0.05) is 0 Å². The third-order valence-corrected chi connectivity index (χ3v) is 3.23. The first-order chi connectivity index (χ1) is 11.1. The van der Waals surface area contributed by atoms with Crippen LogP contribution in [0.3, 0.4) is 0 Å². The molecule has 0 N–H and O–H groups in total. The van der Waals surface area contributed by atoms with Crippen LogP contribution in [0.25, 0.3) is 0 Å². The predicted octanol–water partition coefficient (Wildman–Crippen LogP) is 3.33. The third kappa shape index (κ3) is 4.64. The molecular formula is C18H17FO4. The molecule has 1 unspecified atom stereocenters. The molecule has 0 spiro atoms. The fraction of sp³-hybridized carbons (Fsp3) is 0.222. The number of hydrogen-bond donors (Lipinski definition) is 0. The molecule has 120 valence electrons. The normalized spacial score (nSPS) is 11.6. The number of carbonyl (C=O) groups is 2. The molecule has 2 rings (SSSR count). The van der Waals surface area contributed by atoms with E-state index in [4.69, 9.17) is 9.47 Å². The van der Waals surface area contributed by atoms with E-state index in [9.17, 15) is 14.0 Å². The summed E-state index contributed by atoms with van der Waals surface area (Å²) in [7, 11) is 0. The van der Waals surface area contributed by atoms with Gasteiger partial charge in [-0.1, -0.05) is 30.3 Å². The van der Waals surface area contributed by atoms with Crippen LogP contribution in [-0.2, 0) is 14.3 Å². The zero-order valence-corrected chi connectivity index (χ0v) is 12.7. The van der Waals surface area contributed by atoms with Gasteiger partial charge in [-0.25, -0.2) is 9.18 Å². The van der Waals surface area contributed by atoms with E-state index in [0.717, 1.165) is 0 Å². The number of ether oxygens (including phenoxy) is 2. The molecule has 0 radical (unpaired) electrons. The Morgan fingerprint density at radius 2 is 1.65 bits per heavy atom. The van der Waals surface area contributed by atoms with E-state index in [0.29, 0.717) is 11.1 Å². The fourth-order valence-electron chi connectivity index (χ4n) is 2.05. The Bertz CT molecular complexity index is 652. The summed E-state index contributed by atoms with van der Waals surface area (Å²) in [5.74, 6) is -2.23. The van der Waals surface area contributed by atoms with Crippen molar-refractivity contribution in [3.8, 4) is 0 Å². The molecule has 5 heteroatoms. The van der Waals surface area contributed by atoms with Crippen molar-refractivity contribution in [3.05, 3.63) is 71.5 Å². The highest BCUT2D eigenvalue weighted by molar-refractivity contribution is 5.89. The highest BCUT2D eigenvalue weighted by Crippen LogP contribution is 2.19. The first-order valence-corrected chi connectivity index (χ1v) is 7.26. The van der Waals surface area contributed by atoms with Gasteiger partial charge in [0.05, 0.1) is 12.2 Å². The molecule has 0 saturated heterocycles. The lowest BCUT2D eigenvalue weighted by atomic mass is 10.00. The first kappa shape index (κ1) is 16.7. The van der Waals surface area contributed by atoms with E-state index in [1.807, 2.05) is 0 Å². The van der Waals surface area contributed by atoms with E-state index in [1.165, 1.54) is 24.3 Å². The summed E-state index contributed by atoms with van der Waals surface area (Å²) in [5, 5.41) is 0. The van der Waals surface area contributed by atoms with Gasteiger partial charge in [0.25, 0.3) is 0 Å². The zero-order valence-electron chi connectivity index (χ0n) is 12.7. The molecule has 0 aliphatic rings. The second-order valence-electron chi connectivity index (χ2n) is 4.82. The molecule has 4 nitrogen and oxygen atoms in total. The van der Waals surface area contributed by atoms with E-state index in [2.05, 4.69) is 0 Å². The summed E-state index contributed by atoms with van der Waals surface area (Å²) in [4.78, 5) is 24.1. The lowest BCUT2D eigenvalue weighted by Crippen LogP contribution is -2.22. The van der Waals surface area contributed by atoms with Crippen molar-refractivity contribution in [3.63, 3.8) is 0 Å². The van der Waals surface area contributed by atoms with E-state index in [1.54, 1.807) is 37.3 Å². The van der Waals surface area contributed by atoms with Crippen molar-refractivity contribution < 1.29 is 23.5 Å². The second-order valence-corrected chi connectivity index (χ2v) is 4.82. The summed E-state index contributed by atoms with van der Waals surface area (Å²) >= 11 is 0. The first-order valence-electron chi connectivity index (χ1n) is 7.26. The average Bonchev–Trinajstić information content (AvgIpc) is 2.57. The minimum absolute atomic E-state index is 0.168. The molecule has 0 aromatic heterocycles. The number of rotatable bonds is 6. The van der Waals surface area contributed by atoms with Crippen molar-refractivity contribution in [2.45, 2.75) is 12.8 Å². The van der Waals surface area contributed by atoms with E-state index in [-0.39, 0.29) is 13.2 Å². The number of halogens is 1. The fourth-order valence-corrected chi connectivity index (χ4v) is 2.05. The number of hydrogen-bond acceptors (Lipinski definition) is 4. The van der Waals surface area contributed by atoms with Crippen LogP contribution in [0, 0.1) is 5.82 Å². The van der Waals surface area contributed by atoms with Gasteiger partial charge < -0.3 is 9.47 Å². The van der Waals surface area contributed by atoms with Gasteiger partial charge in [0.1, 0.15) is 18.3 Å². The Morgan fingerprint density at radius 1 is 1.00 bits per heavy atom. The number of carbonyl (C=O) groups excluding carboxylic acids is 2. The van der Waals surface area contributed by atoms with Gasteiger partial charge in [0.2, 0.25) is 0 Å². The molecule has 0 bridgehead atoms. The molecule has 23 heavy (non-hydrogen) atoms. The Balaban J connectivity index is 2.10. The minimum atomic E-state index is -0.789. The maximum Gasteiger partial charge on any atom is 0.338 e. The smallest absolute Gasteiger partial charge is 0.338 e. The van der Waals surface area contributed by atoms with Gasteiger partial charge in [-0.3, -0.25) is 4.79 Å². The van der Waals surface area contributed by atoms with Crippen molar-refractivity contribution in [2.75, 3.05) is 13.2 Å². The van der Waals surface area contributed by atoms with Crippen LogP contribution in [0.4, 0.5) is 4.39 Å². The van der Waals surface area contributed by atoms with Crippen molar-refractivity contribution in [2.24, 2.45) is 0 Å². The van der Waals surface area contributed by atoms with Crippen LogP contribution in [0.2, 0.25) is 0 Å². The van der Waals surface area contributed by atoms with Gasteiger partial charge >= 0.3 is 11.9 Å². The van der Waals surface area contributed by atoms with Crippen LogP contribution in [0.15, 0.2) is 54.6 Å². The lowest BCUT2D eigenvalue weighted by Gasteiger charge is -2.16. The predicted molar refractivity (Wildman–Crippen MR) is 82.5 cm³/mol. The van der Waals surface area contributed by atoms with Crippen LogP contribution in [0.1, 0.15) is 28.8 Å². The molecule has 1 atom stereocenters. The molecule has 2 aromatic rings. The molecule has 2 aromatic carbocycles. The largest absolute Gasteiger partial charge is 0.465 e. The monoisotopic (exact) mass is 316 g/mol. The van der Waals surface area contributed by atoms with Gasteiger partial charge in [-0.2, -0.15) is 0 Å². The van der Waals surface area contributed by atoms with Crippen LogP contribution in [0.5, 0.6) is 0 Å². The quantitative estimate of drug-likeness (QED) is 0.767. The van der Waals surface area contributed by atoms with Crippen molar-refractivity contribution >= 4 is 11.9 Å². The summed E-state index contributed by atoms with van der Waals surface area (Å²) in [6.45, 7) is 1.73. The van der Waals surface area contributed by atoms with Crippen LogP contribution < -0.4 is 0 Å². The molecule has 0 aliphatic carbocycles. The van der Waals surface area contributed by atoms with Gasteiger partial charge in [-0.05, 0) is 36.8 Å². The minimum Gasteiger partial charge on any atom is -0.465 e. The highest BCUT2D eigenvalue weighted by Gasteiger charge is 2.24. The van der Waals surface area contributed by atoms with Gasteiger partial charge in [-0.15, -0.1) is 0 Å².